The average molecular weight is 233 g/mol. The Hall–Kier alpha value is -0.820. The molecule has 0 aliphatic rings. The van der Waals surface area contributed by atoms with Crippen LogP contribution in [0.15, 0.2) is 18.2 Å². The van der Waals surface area contributed by atoms with Crippen molar-refractivity contribution in [3.8, 4) is 0 Å². The predicted octanol–water partition coefficient (Wildman–Crippen LogP) is 4.53. The zero-order valence-corrected chi connectivity index (χ0v) is 12.0. The average Bonchev–Trinajstić information content (AvgIpc) is 2.30. The molecule has 0 heterocycles. The van der Waals surface area contributed by atoms with E-state index in [1.54, 1.807) is 0 Å². The van der Waals surface area contributed by atoms with Crippen LogP contribution in [0.4, 0.5) is 0 Å². The van der Waals surface area contributed by atoms with Gasteiger partial charge in [0.15, 0.2) is 0 Å². The van der Waals surface area contributed by atoms with E-state index >= 15 is 0 Å². The highest BCUT2D eigenvalue weighted by Crippen LogP contribution is 2.17. The minimum atomic E-state index is 0.446. The van der Waals surface area contributed by atoms with Gasteiger partial charge in [-0.05, 0) is 50.8 Å². The second-order valence-electron chi connectivity index (χ2n) is 5.28. The maximum Gasteiger partial charge on any atom is 0.0294 e. The van der Waals surface area contributed by atoms with E-state index in [0.717, 1.165) is 0 Å². The summed E-state index contributed by atoms with van der Waals surface area (Å²) in [6.07, 6.45) is 3.86. The summed E-state index contributed by atoms with van der Waals surface area (Å²) >= 11 is 0. The molecule has 1 nitrogen and oxygen atoms in total. The number of aryl methyl sites for hydroxylation is 2. The fourth-order valence-corrected chi connectivity index (χ4v) is 2.15. The van der Waals surface area contributed by atoms with E-state index in [1.165, 1.54) is 36.0 Å². The molecule has 0 fully saturated rings. The lowest BCUT2D eigenvalue weighted by Crippen LogP contribution is -2.28. The molecular formula is C16H27N. The van der Waals surface area contributed by atoms with Crippen molar-refractivity contribution in [1.82, 2.24) is 5.32 Å². The Morgan fingerprint density at radius 3 is 2.41 bits per heavy atom. The SMILES string of the molecule is CCCCC(C)NC(C)c1ccc(C)c(C)c1. The van der Waals surface area contributed by atoms with Gasteiger partial charge in [0.2, 0.25) is 0 Å². The van der Waals surface area contributed by atoms with E-state index < -0.39 is 0 Å². The van der Waals surface area contributed by atoms with Crippen LogP contribution in [0.3, 0.4) is 0 Å². The number of unbranched alkanes of at least 4 members (excludes halogenated alkanes) is 1. The predicted molar refractivity (Wildman–Crippen MR) is 76.5 cm³/mol. The molecule has 2 unspecified atom stereocenters. The third-order valence-corrected chi connectivity index (χ3v) is 3.56. The Morgan fingerprint density at radius 2 is 1.82 bits per heavy atom. The van der Waals surface area contributed by atoms with Crippen molar-refractivity contribution >= 4 is 0 Å². The highest BCUT2D eigenvalue weighted by atomic mass is 14.9. The molecule has 0 spiro atoms. The highest BCUT2D eigenvalue weighted by Gasteiger charge is 2.09. The van der Waals surface area contributed by atoms with Gasteiger partial charge < -0.3 is 5.32 Å². The van der Waals surface area contributed by atoms with Gasteiger partial charge >= 0.3 is 0 Å². The van der Waals surface area contributed by atoms with Gasteiger partial charge in [0.1, 0.15) is 0 Å². The number of benzene rings is 1. The first-order valence-corrected chi connectivity index (χ1v) is 6.87. The normalized spacial score (nSPS) is 14.6. The highest BCUT2D eigenvalue weighted by molar-refractivity contribution is 5.31. The van der Waals surface area contributed by atoms with Crippen LogP contribution < -0.4 is 5.32 Å². The smallest absolute Gasteiger partial charge is 0.0294 e. The number of rotatable bonds is 6. The second kappa shape index (κ2) is 6.80. The first kappa shape index (κ1) is 14.2. The summed E-state index contributed by atoms with van der Waals surface area (Å²) in [6.45, 7) is 11.1. The Labute approximate surface area is 107 Å². The molecule has 0 amide bonds. The summed E-state index contributed by atoms with van der Waals surface area (Å²) in [6, 6.07) is 7.82. The lowest BCUT2D eigenvalue weighted by atomic mass is 10.0. The van der Waals surface area contributed by atoms with E-state index in [1.807, 2.05) is 0 Å². The molecule has 96 valence electrons. The molecule has 0 bridgehead atoms. The third-order valence-electron chi connectivity index (χ3n) is 3.56. The van der Waals surface area contributed by atoms with Crippen molar-refractivity contribution in [2.75, 3.05) is 0 Å². The minimum absolute atomic E-state index is 0.446. The van der Waals surface area contributed by atoms with Gasteiger partial charge in [-0.15, -0.1) is 0 Å². The summed E-state index contributed by atoms with van der Waals surface area (Å²) < 4.78 is 0. The van der Waals surface area contributed by atoms with E-state index in [-0.39, 0.29) is 0 Å². The zero-order valence-electron chi connectivity index (χ0n) is 12.0. The molecule has 0 radical (unpaired) electrons. The summed E-state index contributed by atoms with van der Waals surface area (Å²) in [4.78, 5) is 0. The molecule has 0 aliphatic carbocycles. The Balaban J connectivity index is 2.57. The molecule has 0 aliphatic heterocycles. The van der Waals surface area contributed by atoms with E-state index in [4.69, 9.17) is 0 Å². The molecule has 1 aromatic carbocycles. The Morgan fingerprint density at radius 1 is 1.12 bits per heavy atom. The first-order chi connectivity index (χ1) is 8.04. The van der Waals surface area contributed by atoms with Crippen molar-refractivity contribution in [2.24, 2.45) is 0 Å². The monoisotopic (exact) mass is 233 g/mol. The van der Waals surface area contributed by atoms with Crippen LogP contribution in [0.1, 0.15) is 62.8 Å². The quantitative estimate of drug-likeness (QED) is 0.761. The van der Waals surface area contributed by atoms with Gasteiger partial charge in [-0.2, -0.15) is 0 Å². The third kappa shape index (κ3) is 4.51. The minimum Gasteiger partial charge on any atom is -0.308 e. The zero-order chi connectivity index (χ0) is 12.8. The van der Waals surface area contributed by atoms with Gasteiger partial charge in [-0.25, -0.2) is 0 Å². The maximum absolute atomic E-state index is 3.68. The summed E-state index contributed by atoms with van der Waals surface area (Å²) in [5, 5.41) is 3.68. The molecule has 2 atom stereocenters. The fourth-order valence-electron chi connectivity index (χ4n) is 2.15. The van der Waals surface area contributed by atoms with Crippen molar-refractivity contribution < 1.29 is 0 Å². The summed E-state index contributed by atoms with van der Waals surface area (Å²) in [5.74, 6) is 0. The van der Waals surface area contributed by atoms with Gasteiger partial charge in [-0.1, -0.05) is 38.0 Å². The van der Waals surface area contributed by atoms with Gasteiger partial charge in [-0.3, -0.25) is 0 Å². The first-order valence-electron chi connectivity index (χ1n) is 6.87. The van der Waals surface area contributed by atoms with Crippen LogP contribution in [0.25, 0.3) is 0 Å². The molecule has 0 saturated carbocycles. The van der Waals surface area contributed by atoms with Crippen LogP contribution in [-0.4, -0.2) is 6.04 Å². The Kier molecular flexibility index (Phi) is 5.70. The van der Waals surface area contributed by atoms with E-state index in [0.29, 0.717) is 12.1 Å². The van der Waals surface area contributed by atoms with Crippen LogP contribution in [0.5, 0.6) is 0 Å². The number of hydrogen-bond donors (Lipinski definition) is 1. The fraction of sp³-hybridized carbons (Fsp3) is 0.625. The molecule has 17 heavy (non-hydrogen) atoms. The van der Waals surface area contributed by atoms with E-state index in [2.05, 4.69) is 58.1 Å². The molecule has 1 rings (SSSR count). The van der Waals surface area contributed by atoms with Gasteiger partial charge in [0, 0.05) is 12.1 Å². The molecule has 1 heteroatoms. The van der Waals surface area contributed by atoms with Crippen molar-refractivity contribution in [2.45, 2.75) is 66.0 Å². The number of nitrogens with one attached hydrogen (secondary N) is 1. The molecule has 1 aromatic rings. The lowest BCUT2D eigenvalue weighted by Gasteiger charge is -2.21. The van der Waals surface area contributed by atoms with Crippen LogP contribution >= 0.6 is 0 Å². The maximum atomic E-state index is 3.68. The van der Waals surface area contributed by atoms with Crippen LogP contribution in [0.2, 0.25) is 0 Å². The second-order valence-corrected chi connectivity index (χ2v) is 5.28. The van der Waals surface area contributed by atoms with Crippen molar-refractivity contribution in [3.05, 3.63) is 34.9 Å². The van der Waals surface area contributed by atoms with Crippen LogP contribution in [0, 0.1) is 13.8 Å². The standard InChI is InChI=1S/C16H27N/c1-6-7-8-14(4)17-15(5)16-10-9-12(2)13(3)11-16/h9-11,14-15,17H,6-8H2,1-5H3. The van der Waals surface area contributed by atoms with Gasteiger partial charge in [0.05, 0.1) is 0 Å². The lowest BCUT2D eigenvalue weighted by molar-refractivity contribution is 0.444. The molecular weight excluding hydrogens is 206 g/mol. The van der Waals surface area contributed by atoms with E-state index in [9.17, 15) is 0 Å². The molecule has 0 aromatic heterocycles. The Bertz CT molecular complexity index is 343. The molecule has 1 N–H and O–H groups in total. The van der Waals surface area contributed by atoms with Gasteiger partial charge in [0.25, 0.3) is 0 Å². The number of hydrogen-bond acceptors (Lipinski definition) is 1. The van der Waals surface area contributed by atoms with Crippen molar-refractivity contribution in [1.29, 1.82) is 0 Å². The summed E-state index contributed by atoms with van der Waals surface area (Å²) in [5.41, 5.74) is 4.16. The van der Waals surface area contributed by atoms with Crippen molar-refractivity contribution in [3.63, 3.8) is 0 Å². The topological polar surface area (TPSA) is 12.0 Å². The molecule has 0 saturated heterocycles. The van der Waals surface area contributed by atoms with Crippen LogP contribution in [-0.2, 0) is 0 Å². The largest absolute Gasteiger partial charge is 0.308 e. The summed E-state index contributed by atoms with van der Waals surface area (Å²) in [7, 11) is 0.